The van der Waals surface area contributed by atoms with Gasteiger partial charge in [-0.05, 0) is 48.1 Å². The van der Waals surface area contributed by atoms with Gasteiger partial charge in [0.1, 0.15) is 5.82 Å². The lowest BCUT2D eigenvalue weighted by atomic mass is 9.99. The Hall–Kier alpha value is -2.02. The van der Waals surface area contributed by atoms with Crippen molar-refractivity contribution in [3.8, 4) is 0 Å². The van der Waals surface area contributed by atoms with E-state index in [0.717, 1.165) is 24.0 Å². The van der Waals surface area contributed by atoms with E-state index in [1.165, 1.54) is 21.8 Å². The molecule has 27 heavy (non-hydrogen) atoms. The standard InChI is InChI=1S/C21H24FNO3S/c22-21-8-6-19(7-9-21)16-26-17-20-10-13-23(14-11-20)27(24,25)15-12-18-4-2-1-3-5-18/h1-9,12,15,20H,10-11,13-14,16-17H2. The van der Waals surface area contributed by atoms with Crippen LogP contribution in [0.15, 0.2) is 60.0 Å². The average molecular weight is 389 g/mol. The van der Waals surface area contributed by atoms with Gasteiger partial charge in [-0.3, -0.25) is 0 Å². The summed E-state index contributed by atoms with van der Waals surface area (Å²) in [6.45, 7) is 2.04. The maximum atomic E-state index is 12.9. The van der Waals surface area contributed by atoms with Crippen LogP contribution in [0.4, 0.5) is 4.39 Å². The topological polar surface area (TPSA) is 46.6 Å². The Morgan fingerprint density at radius 2 is 1.70 bits per heavy atom. The van der Waals surface area contributed by atoms with Crippen molar-refractivity contribution < 1.29 is 17.5 Å². The summed E-state index contributed by atoms with van der Waals surface area (Å²) in [6.07, 6.45) is 3.19. The number of ether oxygens (including phenoxy) is 1. The number of sulfonamides is 1. The van der Waals surface area contributed by atoms with Gasteiger partial charge in [-0.1, -0.05) is 42.5 Å². The molecule has 144 valence electrons. The van der Waals surface area contributed by atoms with Crippen molar-refractivity contribution >= 4 is 16.1 Å². The first-order valence-electron chi connectivity index (χ1n) is 9.08. The third kappa shape index (κ3) is 5.99. The van der Waals surface area contributed by atoms with Gasteiger partial charge in [0.15, 0.2) is 0 Å². The second-order valence-corrected chi connectivity index (χ2v) is 8.56. The molecule has 2 aromatic carbocycles. The molecule has 0 bridgehead atoms. The predicted molar refractivity (Wildman–Crippen MR) is 105 cm³/mol. The van der Waals surface area contributed by atoms with Gasteiger partial charge in [0.25, 0.3) is 0 Å². The zero-order valence-corrected chi connectivity index (χ0v) is 15.9. The average Bonchev–Trinajstić information content (AvgIpc) is 2.69. The van der Waals surface area contributed by atoms with Gasteiger partial charge in [0.2, 0.25) is 10.0 Å². The number of nitrogens with zero attached hydrogens (tertiary/aromatic N) is 1. The van der Waals surface area contributed by atoms with E-state index in [1.807, 2.05) is 30.3 Å². The van der Waals surface area contributed by atoms with Crippen molar-refractivity contribution in [2.75, 3.05) is 19.7 Å². The summed E-state index contributed by atoms with van der Waals surface area (Å²) in [5.74, 6) is 0.0867. The van der Waals surface area contributed by atoms with Gasteiger partial charge in [-0.15, -0.1) is 0 Å². The zero-order valence-electron chi connectivity index (χ0n) is 15.1. The number of halogens is 1. The van der Waals surface area contributed by atoms with Crippen LogP contribution in [0.25, 0.3) is 6.08 Å². The van der Waals surface area contributed by atoms with Crippen LogP contribution in [0.3, 0.4) is 0 Å². The van der Waals surface area contributed by atoms with Crippen molar-refractivity contribution in [2.45, 2.75) is 19.4 Å². The molecule has 1 aliphatic rings. The second kappa shape index (κ2) is 9.26. The van der Waals surface area contributed by atoms with E-state index in [2.05, 4.69) is 0 Å². The van der Waals surface area contributed by atoms with Crippen molar-refractivity contribution in [1.82, 2.24) is 4.31 Å². The van der Waals surface area contributed by atoms with Crippen LogP contribution in [-0.2, 0) is 21.4 Å². The van der Waals surface area contributed by atoms with E-state index in [4.69, 9.17) is 4.74 Å². The summed E-state index contributed by atoms with van der Waals surface area (Å²) in [5, 5.41) is 1.29. The van der Waals surface area contributed by atoms with Gasteiger partial charge in [0.05, 0.1) is 6.61 Å². The molecular weight excluding hydrogens is 365 g/mol. The Balaban J connectivity index is 1.44. The summed E-state index contributed by atoms with van der Waals surface area (Å²) in [7, 11) is -3.40. The summed E-state index contributed by atoms with van der Waals surface area (Å²) < 4.78 is 45.1. The molecule has 3 rings (SSSR count). The van der Waals surface area contributed by atoms with Crippen molar-refractivity contribution in [3.05, 3.63) is 76.9 Å². The molecule has 0 amide bonds. The molecule has 0 atom stereocenters. The molecule has 0 aromatic heterocycles. The van der Waals surface area contributed by atoms with E-state index >= 15 is 0 Å². The predicted octanol–water partition coefficient (Wildman–Crippen LogP) is 4.06. The zero-order chi connectivity index (χ0) is 19.1. The van der Waals surface area contributed by atoms with Crippen LogP contribution >= 0.6 is 0 Å². The number of benzene rings is 2. The summed E-state index contributed by atoms with van der Waals surface area (Å²) in [6, 6.07) is 15.7. The molecule has 0 spiro atoms. The molecule has 2 aromatic rings. The molecule has 1 heterocycles. The van der Waals surface area contributed by atoms with E-state index in [9.17, 15) is 12.8 Å². The van der Waals surface area contributed by atoms with E-state index < -0.39 is 10.0 Å². The minimum atomic E-state index is -3.40. The first-order chi connectivity index (χ1) is 13.0. The van der Waals surface area contributed by atoms with Gasteiger partial charge in [0, 0.05) is 25.1 Å². The lowest BCUT2D eigenvalue weighted by Gasteiger charge is -2.30. The molecule has 6 heteroatoms. The highest BCUT2D eigenvalue weighted by molar-refractivity contribution is 7.92. The Morgan fingerprint density at radius 3 is 2.37 bits per heavy atom. The fourth-order valence-corrected chi connectivity index (χ4v) is 4.29. The van der Waals surface area contributed by atoms with Crippen LogP contribution in [0.2, 0.25) is 0 Å². The number of rotatable bonds is 7. The van der Waals surface area contributed by atoms with E-state index in [1.54, 1.807) is 18.2 Å². The minimum absolute atomic E-state index is 0.256. The Kier molecular flexibility index (Phi) is 6.77. The third-order valence-corrected chi connectivity index (χ3v) is 6.27. The number of piperidine rings is 1. The summed E-state index contributed by atoms with van der Waals surface area (Å²) in [4.78, 5) is 0. The maximum absolute atomic E-state index is 12.9. The molecule has 1 saturated heterocycles. The molecule has 0 N–H and O–H groups in total. The largest absolute Gasteiger partial charge is 0.376 e. The highest BCUT2D eigenvalue weighted by atomic mass is 32.2. The molecule has 0 aliphatic carbocycles. The van der Waals surface area contributed by atoms with Gasteiger partial charge in [-0.2, -0.15) is 4.31 Å². The monoisotopic (exact) mass is 389 g/mol. The molecule has 0 radical (unpaired) electrons. The van der Waals surface area contributed by atoms with Crippen LogP contribution in [0.1, 0.15) is 24.0 Å². The Bertz CT molecular complexity index is 843. The van der Waals surface area contributed by atoms with Crippen LogP contribution < -0.4 is 0 Å². The van der Waals surface area contributed by atoms with Gasteiger partial charge in [-0.25, -0.2) is 12.8 Å². The Labute approximate surface area is 160 Å². The van der Waals surface area contributed by atoms with Crippen molar-refractivity contribution in [3.63, 3.8) is 0 Å². The van der Waals surface area contributed by atoms with Crippen LogP contribution in [0, 0.1) is 11.7 Å². The molecule has 4 nitrogen and oxygen atoms in total. The normalized spacial score (nSPS) is 16.8. The summed E-state index contributed by atoms with van der Waals surface area (Å²) in [5.41, 5.74) is 1.80. The number of hydrogen-bond acceptors (Lipinski definition) is 3. The fourth-order valence-electron chi connectivity index (χ4n) is 3.07. The SMILES string of the molecule is O=S(=O)(C=Cc1ccccc1)N1CCC(COCc2ccc(F)cc2)CC1. The molecule has 0 saturated carbocycles. The Morgan fingerprint density at radius 1 is 1.04 bits per heavy atom. The van der Waals surface area contributed by atoms with Gasteiger partial charge < -0.3 is 4.74 Å². The maximum Gasteiger partial charge on any atom is 0.236 e. The lowest BCUT2D eigenvalue weighted by Crippen LogP contribution is -2.38. The minimum Gasteiger partial charge on any atom is -0.376 e. The smallest absolute Gasteiger partial charge is 0.236 e. The molecule has 0 unspecified atom stereocenters. The quantitative estimate of drug-likeness (QED) is 0.718. The number of hydrogen-bond donors (Lipinski definition) is 0. The van der Waals surface area contributed by atoms with Crippen molar-refractivity contribution in [2.24, 2.45) is 5.92 Å². The first-order valence-corrected chi connectivity index (χ1v) is 10.6. The fraction of sp³-hybridized carbons (Fsp3) is 0.333. The van der Waals surface area contributed by atoms with E-state index in [-0.39, 0.29) is 5.82 Å². The summed E-state index contributed by atoms with van der Waals surface area (Å²) >= 11 is 0. The highest BCUT2D eigenvalue weighted by Gasteiger charge is 2.26. The van der Waals surface area contributed by atoms with Crippen LogP contribution in [-0.4, -0.2) is 32.4 Å². The third-order valence-electron chi connectivity index (χ3n) is 4.70. The lowest BCUT2D eigenvalue weighted by molar-refractivity contribution is 0.0689. The highest BCUT2D eigenvalue weighted by Crippen LogP contribution is 2.21. The first kappa shape index (κ1) is 19.7. The molecular formula is C21H24FNO3S. The van der Waals surface area contributed by atoms with Crippen LogP contribution in [0.5, 0.6) is 0 Å². The van der Waals surface area contributed by atoms with Crippen molar-refractivity contribution in [1.29, 1.82) is 0 Å². The second-order valence-electron chi connectivity index (χ2n) is 6.74. The van der Waals surface area contributed by atoms with E-state index in [0.29, 0.717) is 32.2 Å². The molecule has 1 fully saturated rings. The van der Waals surface area contributed by atoms with Gasteiger partial charge >= 0.3 is 0 Å². The molecule has 1 aliphatic heterocycles.